The van der Waals surface area contributed by atoms with Gasteiger partial charge in [0, 0.05) is 30.4 Å². The predicted molar refractivity (Wildman–Crippen MR) is 69.2 cm³/mol. The van der Waals surface area contributed by atoms with E-state index in [9.17, 15) is 4.39 Å². The number of aromatic nitrogens is 1. The summed E-state index contributed by atoms with van der Waals surface area (Å²) in [5, 5.41) is 7.84. The molecule has 2 aromatic rings. The lowest BCUT2D eigenvalue weighted by molar-refractivity contribution is 0.632. The van der Waals surface area contributed by atoms with Crippen molar-refractivity contribution in [3.63, 3.8) is 0 Å². The van der Waals surface area contributed by atoms with E-state index in [2.05, 4.69) is 11.7 Å². The van der Waals surface area contributed by atoms with Gasteiger partial charge in [-0.2, -0.15) is 0 Å². The second-order valence-electron chi connectivity index (χ2n) is 3.67. The maximum atomic E-state index is 13.7. The van der Waals surface area contributed by atoms with Crippen LogP contribution in [-0.4, -0.2) is 17.5 Å². The van der Waals surface area contributed by atoms with Gasteiger partial charge in [0.15, 0.2) is 0 Å². The van der Waals surface area contributed by atoms with Crippen LogP contribution < -0.4 is 0 Å². The third-order valence-corrected chi connectivity index (χ3v) is 2.64. The van der Waals surface area contributed by atoms with E-state index in [1.807, 2.05) is 6.07 Å². The second kappa shape index (κ2) is 4.33. The van der Waals surface area contributed by atoms with Gasteiger partial charge in [0.1, 0.15) is 5.82 Å². The molecule has 0 radical (unpaired) electrons. The van der Waals surface area contributed by atoms with E-state index < -0.39 is 0 Å². The number of hydrogen-bond acceptors (Lipinski definition) is 2. The predicted octanol–water partition coefficient (Wildman–Crippen LogP) is 3.01. The van der Waals surface area contributed by atoms with Crippen LogP contribution in [0, 0.1) is 11.2 Å². The van der Waals surface area contributed by atoms with Crippen LogP contribution in [0.15, 0.2) is 35.5 Å². The summed E-state index contributed by atoms with van der Waals surface area (Å²) in [6, 6.07) is 4.91. The van der Waals surface area contributed by atoms with Crippen LogP contribution in [0.5, 0.6) is 0 Å². The summed E-state index contributed by atoms with van der Waals surface area (Å²) in [6.45, 7) is 3.47. The van der Waals surface area contributed by atoms with Gasteiger partial charge < -0.3 is 9.98 Å². The minimum absolute atomic E-state index is 0.269. The highest BCUT2D eigenvalue weighted by Gasteiger charge is 2.12. The zero-order valence-electron chi connectivity index (χ0n) is 9.44. The Kier molecular flexibility index (Phi) is 2.87. The van der Waals surface area contributed by atoms with Gasteiger partial charge in [-0.25, -0.2) is 4.39 Å². The van der Waals surface area contributed by atoms with Crippen molar-refractivity contribution in [2.45, 2.75) is 0 Å². The van der Waals surface area contributed by atoms with Crippen molar-refractivity contribution in [3.05, 3.63) is 41.9 Å². The van der Waals surface area contributed by atoms with E-state index >= 15 is 0 Å². The maximum absolute atomic E-state index is 13.7. The number of rotatable bonds is 3. The van der Waals surface area contributed by atoms with Crippen molar-refractivity contribution in [2.24, 2.45) is 12.0 Å². The number of nitrogens with one attached hydrogen (secondary N) is 1. The van der Waals surface area contributed by atoms with E-state index in [0.29, 0.717) is 11.2 Å². The van der Waals surface area contributed by atoms with Crippen molar-refractivity contribution >= 4 is 29.5 Å². The number of aliphatic imine (C=N–C) groups is 1. The van der Waals surface area contributed by atoms with Gasteiger partial charge in [-0.15, -0.1) is 0 Å². The van der Waals surface area contributed by atoms with Crippen LogP contribution in [0.2, 0.25) is 0 Å². The molecule has 0 aliphatic carbocycles. The fourth-order valence-electron chi connectivity index (χ4n) is 1.93. The standard InChI is InChI=1S/C13H12FN3/c1-16-12(6-7-15)10-8-17(2)13-9(10)4-3-5-11(13)14/h3-8,15H,1H2,2H3/b12-6-,15-7?. The lowest BCUT2D eigenvalue weighted by Crippen LogP contribution is -1.86. The molecule has 1 aromatic heterocycles. The Labute approximate surface area is 98.4 Å². The molecule has 3 nitrogen and oxygen atoms in total. The fraction of sp³-hybridized carbons (Fsp3) is 0.0769. The summed E-state index contributed by atoms with van der Waals surface area (Å²) in [5.41, 5.74) is 1.87. The molecule has 2 rings (SSSR count). The molecule has 0 aliphatic heterocycles. The number of fused-ring (bicyclic) bond motifs is 1. The monoisotopic (exact) mass is 229 g/mol. The Morgan fingerprint density at radius 1 is 1.53 bits per heavy atom. The van der Waals surface area contributed by atoms with Gasteiger partial charge in [-0.3, -0.25) is 4.99 Å². The number of hydrogen-bond donors (Lipinski definition) is 1. The zero-order chi connectivity index (χ0) is 12.4. The smallest absolute Gasteiger partial charge is 0.147 e. The molecule has 0 saturated heterocycles. The van der Waals surface area contributed by atoms with Gasteiger partial charge in [0.25, 0.3) is 0 Å². The number of benzene rings is 1. The van der Waals surface area contributed by atoms with Gasteiger partial charge in [-0.05, 0) is 18.9 Å². The van der Waals surface area contributed by atoms with Crippen LogP contribution in [0.1, 0.15) is 5.56 Å². The summed E-state index contributed by atoms with van der Waals surface area (Å²) in [6.07, 6.45) is 4.46. The highest BCUT2D eigenvalue weighted by molar-refractivity contribution is 5.96. The number of halogens is 1. The first-order chi connectivity index (χ1) is 8.19. The topological polar surface area (TPSA) is 41.1 Å². The van der Waals surface area contributed by atoms with Crippen molar-refractivity contribution in [2.75, 3.05) is 0 Å². The average molecular weight is 229 g/mol. The molecule has 0 bridgehead atoms. The van der Waals surface area contributed by atoms with E-state index in [1.165, 1.54) is 12.1 Å². The third-order valence-electron chi connectivity index (χ3n) is 2.64. The van der Waals surface area contributed by atoms with Gasteiger partial charge in [0.2, 0.25) is 0 Å². The average Bonchev–Trinajstić information content (AvgIpc) is 2.65. The molecule has 0 amide bonds. The molecule has 0 fully saturated rings. The molecule has 0 aliphatic rings. The second-order valence-corrected chi connectivity index (χ2v) is 3.67. The van der Waals surface area contributed by atoms with Crippen LogP contribution in [0.4, 0.5) is 4.39 Å². The zero-order valence-corrected chi connectivity index (χ0v) is 9.44. The summed E-state index contributed by atoms with van der Waals surface area (Å²) < 4.78 is 15.4. The first kappa shape index (κ1) is 11.3. The molecule has 0 saturated carbocycles. The number of para-hydroxylation sites is 1. The van der Waals surface area contributed by atoms with Crippen LogP contribution in [0.3, 0.4) is 0 Å². The van der Waals surface area contributed by atoms with E-state index in [0.717, 1.165) is 17.2 Å². The van der Waals surface area contributed by atoms with Gasteiger partial charge in [0.05, 0.1) is 11.2 Å². The van der Waals surface area contributed by atoms with Gasteiger partial charge >= 0.3 is 0 Å². The molecule has 0 atom stereocenters. The summed E-state index contributed by atoms with van der Waals surface area (Å²) in [5.74, 6) is -0.269. The summed E-state index contributed by atoms with van der Waals surface area (Å²) in [7, 11) is 1.78. The Morgan fingerprint density at radius 3 is 2.94 bits per heavy atom. The minimum atomic E-state index is -0.269. The van der Waals surface area contributed by atoms with E-state index in [1.54, 1.807) is 23.9 Å². The van der Waals surface area contributed by atoms with Crippen molar-refractivity contribution in [1.29, 1.82) is 5.41 Å². The third kappa shape index (κ3) is 1.78. The first-order valence-corrected chi connectivity index (χ1v) is 5.10. The van der Waals surface area contributed by atoms with Gasteiger partial charge in [-0.1, -0.05) is 12.1 Å². The minimum Gasteiger partial charge on any atom is -0.347 e. The number of allylic oxidation sites excluding steroid dienone is 1. The Morgan fingerprint density at radius 2 is 2.29 bits per heavy atom. The van der Waals surface area contributed by atoms with Crippen LogP contribution >= 0.6 is 0 Å². The normalized spacial score (nSPS) is 11.8. The molecular formula is C13H12FN3. The lowest BCUT2D eigenvalue weighted by Gasteiger charge is -1.98. The number of nitrogens with zero attached hydrogens (tertiary/aromatic N) is 2. The Hall–Kier alpha value is -2.23. The highest BCUT2D eigenvalue weighted by atomic mass is 19.1. The Bertz CT molecular complexity index is 623. The molecule has 0 spiro atoms. The summed E-state index contributed by atoms with van der Waals surface area (Å²) >= 11 is 0. The van der Waals surface area contributed by atoms with E-state index in [4.69, 9.17) is 5.41 Å². The maximum Gasteiger partial charge on any atom is 0.147 e. The SMILES string of the molecule is C=N/C(=C\C=N)c1cn(C)c2c(F)cccc12. The molecule has 1 aromatic carbocycles. The van der Waals surface area contributed by atoms with Crippen LogP contribution in [-0.2, 0) is 7.05 Å². The number of aryl methyl sites for hydroxylation is 1. The molecule has 1 N–H and O–H groups in total. The Balaban J connectivity index is 2.80. The van der Waals surface area contributed by atoms with Crippen molar-refractivity contribution in [3.8, 4) is 0 Å². The van der Waals surface area contributed by atoms with Crippen molar-refractivity contribution < 1.29 is 4.39 Å². The van der Waals surface area contributed by atoms with Crippen molar-refractivity contribution in [1.82, 2.24) is 4.57 Å². The fourth-order valence-corrected chi connectivity index (χ4v) is 1.93. The first-order valence-electron chi connectivity index (χ1n) is 5.10. The quantitative estimate of drug-likeness (QED) is 0.786. The van der Waals surface area contributed by atoms with Crippen LogP contribution in [0.25, 0.3) is 16.6 Å². The molecule has 0 unspecified atom stereocenters. The molecule has 17 heavy (non-hydrogen) atoms. The molecule has 4 heteroatoms. The summed E-state index contributed by atoms with van der Waals surface area (Å²) in [4.78, 5) is 3.87. The highest BCUT2D eigenvalue weighted by Crippen LogP contribution is 2.28. The largest absolute Gasteiger partial charge is 0.347 e. The molecular weight excluding hydrogens is 217 g/mol. The molecule has 86 valence electrons. The molecule has 1 heterocycles. The van der Waals surface area contributed by atoms with E-state index in [-0.39, 0.29) is 5.82 Å². The lowest BCUT2D eigenvalue weighted by atomic mass is 10.1.